The summed E-state index contributed by atoms with van der Waals surface area (Å²) >= 11 is 0. The average Bonchev–Trinajstić information content (AvgIpc) is 2.85. The van der Waals surface area contributed by atoms with Crippen LogP contribution in [0.4, 0.5) is 17.2 Å². The van der Waals surface area contributed by atoms with Gasteiger partial charge in [0.1, 0.15) is 0 Å². The van der Waals surface area contributed by atoms with E-state index in [1.165, 1.54) is 31.4 Å². The molecule has 0 saturated carbocycles. The van der Waals surface area contributed by atoms with Gasteiger partial charge in [-0.2, -0.15) is 0 Å². The van der Waals surface area contributed by atoms with Crippen LogP contribution in [0.2, 0.25) is 0 Å². The number of carbonyl (C=O) groups is 1. The highest BCUT2D eigenvalue weighted by Gasteiger charge is 2.15. The van der Waals surface area contributed by atoms with E-state index >= 15 is 0 Å². The van der Waals surface area contributed by atoms with E-state index in [0.29, 0.717) is 17.8 Å². The largest absolute Gasteiger partial charge is 0.355 e. The first-order valence-corrected chi connectivity index (χ1v) is 13.0. The van der Waals surface area contributed by atoms with Gasteiger partial charge in [-0.15, -0.1) is 10.2 Å². The third-order valence-corrected chi connectivity index (χ3v) is 7.09. The van der Waals surface area contributed by atoms with Crippen molar-refractivity contribution < 1.29 is 13.2 Å². The van der Waals surface area contributed by atoms with Gasteiger partial charge in [0.25, 0.3) is 10.0 Å². The first-order chi connectivity index (χ1) is 16.4. The van der Waals surface area contributed by atoms with Crippen molar-refractivity contribution >= 4 is 33.1 Å². The second-order valence-corrected chi connectivity index (χ2v) is 10.0. The van der Waals surface area contributed by atoms with Gasteiger partial charge >= 0.3 is 0 Å². The molecule has 1 aliphatic rings. The van der Waals surface area contributed by atoms with E-state index in [1.807, 2.05) is 31.2 Å². The van der Waals surface area contributed by atoms with Gasteiger partial charge in [-0.05, 0) is 74.2 Å². The molecule has 8 nitrogen and oxygen atoms in total. The lowest BCUT2D eigenvalue weighted by Crippen LogP contribution is -2.30. The first-order valence-electron chi connectivity index (χ1n) is 11.6. The lowest BCUT2D eigenvalue weighted by Gasteiger charge is -2.27. The lowest BCUT2D eigenvalue weighted by atomic mass is 10.1. The van der Waals surface area contributed by atoms with Gasteiger partial charge in [0, 0.05) is 36.4 Å². The standard InChI is InChI=1S/C25H29N5O3S/c1-2-6-25(31)26-20-11-13-22(14-12-20)34(32,33)29-21-9-7-19(8-10-21)23-15-16-24(28-27-23)30-17-4-3-5-18-30/h7-16,29H,2-6,17-18H2,1H3,(H,26,31). The Labute approximate surface area is 200 Å². The van der Waals surface area contributed by atoms with Crippen LogP contribution in [0.25, 0.3) is 11.3 Å². The zero-order valence-electron chi connectivity index (χ0n) is 19.2. The summed E-state index contributed by atoms with van der Waals surface area (Å²) in [6.45, 7) is 3.95. The number of hydrogen-bond donors (Lipinski definition) is 2. The molecule has 2 heterocycles. The van der Waals surface area contributed by atoms with E-state index < -0.39 is 10.0 Å². The minimum atomic E-state index is -3.76. The number of nitrogens with zero attached hydrogens (tertiary/aromatic N) is 3. The van der Waals surface area contributed by atoms with Crippen molar-refractivity contribution in [3.8, 4) is 11.3 Å². The Morgan fingerprint density at radius 3 is 2.18 bits per heavy atom. The molecule has 1 aliphatic heterocycles. The molecule has 1 aromatic heterocycles. The van der Waals surface area contributed by atoms with Crippen molar-refractivity contribution in [3.05, 3.63) is 60.7 Å². The quantitative estimate of drug-likeness (QED) is 0.486. The van der Waals surface area contributed by atoms with E-state index in [0.717, 1.165) is 36.6 Å². The number of carbonyl (C=O) groups excluding carboxylic acids is 1. The summed E-state index contributed by atoms with van der Waals surface area (Å²) in [5.41, 5.74) is 2.60. The summed E-state index contributed by atoms with van der Waals surface area (Å²) in [5, 5.41) is 11.5. The fourth-order valence-corrected chi connectivity index (χ4v) is 4.92. The second kappa shape index (κ2) is 10.6. The fraction of sp³-hybridized carbons (Fsp3) is 0.320. The Bertz CT molecular complexity index is 1200. The summed E-state index contributed by atoms with van der Waals surface area (Å²) < 4.78 is 28.1. The van der Waals surface area contributed by atoms with Gasteiger partial charge in [-0.3, -0.25) is 9.52 Å². The van der Waals surface area contributed by atoms with Crippen LogP contribution < -0.4 is 14.9 Å². The molecule has 0 aliphatic carbocycles. The van der Waals surface area contributed by atoms with Crippen LogP contribution >= 0.6 is 0 Å². The molecule has 0 unspecified atom stereocenters. The summed E-state index contributed by atoms with van der Waals surface area (Å²) in [7, 11) is -3.76. The van der Waals surface area contributed by atoms with Crippen LogP contribution in [0.15, 0.2) is 65.6 Å². The molecule has 9 heteroatoms. The predicted octanol–water partition coefficient (Wildman–Crippen LogP) is 4.67. The molecule has 1 saturated heterocycles. The highest BCUT2D eigenvalue weighted by atomic mass is 32.2. The smallest absolute Gasteiger partial charge is 0.261 e. The fourth-order valence-electron chi connectivity index (χ4n) is 3.86. The van der Waals surface area contributed by atoms with Crippen molar-refractivity contribution in [2.75, 3.05) is 28.0 Å². The van der Waals surface area contributed by atoms with Gasteiger partial charge in [-0.25, -0.2) is 8.42 Å². The molecule has 0 bridgehead atoms. The summed E-state index contributed by atoms with van der Waals surface area (Å²) in [6.07, 6.45) is 4.80. The van der Waals surface area contributed by atoms with Gasteiger partial charge in [0.05, 0.1) is 10.6 Å². The van der Waals surface area contributed by atoms with Crippen LogP contribution in [-0.2, 0) is 14.8 Å². The van der Waals surface area contributed by atoms with Gasteiger partial charge in [0.2, 0.25) is 5.91 Å². The normalized spacial score (nSPS) is 14.0. The monoisotopic (exact) mass is 479 g/mol. The molecule has 0 radical (unpaired) electrons. The summed E-state index contributed by atoms with van der Waals surface area (Å²) in [4.78, 5) is 14.1. The highest BCUT2D eigenvalue weighted by Crippen LogP contribution is 2.24. The molecular formula is C25H29N5O3S. The molecule has 4 rings (SSSR count). The number of sulfonamides is 1. The summed E-state index contributed by atoms with van der Waals surface area (Å²) in [5.74, 6) is 0.797. The van der Waals surface area contributed by atoms with Crippen molar-refractivity contribution in [1.82, 2.24) is 10.2 Å². The Kier molecular flexibility index (Phi) is 7.42. The van der Waals surface area contributed by atoms with Crippen LogP contribution in [0, 0.1) is 0 Å². The minimum absolute atomic E-state index is 0.0952. The molecule has 0 atom stereocenters. The maximum atomic E-state index is 12.8. The summed E-state index contributed by atoms with van der Waals surface area (Å²) in [6, 6.07) is 17.1. The molecule has 1 amide bonds. The molecule has 2 aromatic carbocycles. The Balaban J connectivity index is 1.40. The number of benzene rings is 2. The lowest BCUT2D eigenvalue weighted by molar-refractivity contribution is -0.116. The zero-order chi connectivity index (χ0) is 24.0. The van der Waals surface area contributed by atoms with E-state index in [2.05, 4.69) is 25.1 Å². The first kappa shape index (κ1) is 23.7. The van der Waals surface area contributed by atoms with Crippen LogP contribution in [-0.4, -0.2) is 37.6 Å². The number of anilines is 3. The maximum Gasteiger partial charge on any atom is 0.261 e. The second-order valence-electron chi connectivity index (χ2n) is 8.33. The van der Waals surface area contributed by atoms with Crippen LogP contribution in [0.1, 0.15) is 39.0 Å². The number of amides is 1. The molecule has 34 heavy (non-hydrogen) atoms. The SMILES string of the molecule is CCCC(=O)Nc1ccc(S(=O)(=O)Nc2ccc(-c3ccc(N4CCCCC4)nn3)cc2)cc1. The molecule has 0 spiro atoms. The highest BCUT2D eigenvalue weighted by molar-refractivity contribution is 7.92. The van der Waals surface area contributed by atoms with E-state index in [-0.39, 0.29) is 10.8 Å². The number of hydrogen-bond acceptors (Lipinski definition) is 6. The number of piperidine rings is 1. The predicted molar refractivity (Wildman–Crippen MR) is 134 cm³/mol. The number of aromatic nitrogens is 2. The van der Waals surface area contributed by atoms with Gasteiger partial charge in [-0.1, -0.05) is 19.1 Å². The average molecular weight is 480 g/mol. The minimum Gasteiger partial charge on any atom is -0.355 e. The number of nitrogens with one attached hydrogen (secondary N) is 2. The van der Waals surface area contributed by atoms with Crippen LogP contribution in [0.3, 0.4) is 0 Å². The zero-order valence-corrected chi connectivity index (χ0v) is 20.0. The van der Waals surface area contributed by atoms with E-state index in [1.54, 1.807) is 24.3 Å². The third kappa shape index (κ3) is 5.91. The van der Waals surface area contributed by atoms with Crippen molar-refractivity contribution in [2.24, 2.45) is 0 Å². The van der Waals surface area contributed by atoms with Crippen molar-refractivity contribution in [1.29, 1.82) is 0 Å². The molecule has 2 N–H and O–H groups in total. The van der Waals surface area contributed by atoms with Gasteiger partial charge in [0.15, 0.2) is 5.82 Å². The van der Waals surface area contributed by atoms with Crippen LogP contribution in [0.5, 0.6) is 0 Å². The molecule has 178 valence electrons. The van der Waals surface area contributed by atoms with Crippen molar-refractivity contribution in [2.45, 2.75) is 43.9 Å². The Morgan fingerprint density at radius 1 is 0.882 bits per heavy atom. The maximum absolute atomic E-state index is 12.8. The topological polar surface area (TPSA) is 104 Å². The van der Waals surface area contributed by atoms with E-state index in [9.17, 15) is 13.2 Å². The molecule has 1 fully saturated rings. The van der Waals surface area contributed by atoms with Gasteiger partial charge < -0.3 is 10.2 Å². The van der Waals surface area contributed by atoms with Crippen molar-refractivity contribution in [3.63, 3.8) is 0 Å². The van der Waals surface area contributed by atoms with E-state index in [4.69, 9.17) is 0 Å². The third-order valence-electron chi connectivity index (χ3n) is 5.69. The Hall–Kier alpha value is -3.46. The molecular weight excluding hydrogens is 450 g/mol. The number of rotatable bonds is 8. The molecule has 3 aromatic rings. The Morgan fingerprint density at radius 2 is 1.56 bits per heavy atom.